The smallest absolute Gasteiger partial charge is 0.326 e. The third-order valence-electron chi connectivity index (χ3n) is 3.16. The van der Waals surface area contributed by atoms with E-state index < -0.39 is 23.9 Å². The Labute approximate surface area is 117 Å². The van der Waals surface area contributed by atoms with E-state index in [0.717, 1.165) is 0 Å². The van der Waals surface area contributed by atoms with Crippen LogP contribution in [-0.4, -0.2) is 23.1 Å². The van der Waals surface area contributed by atoms with Crippen molar-refractivity contribution in [2.24, 2.45) is 5.92 Å². The van der Waals surface area contributed by atoms with E-state index in [1.54, 1.807) is 25.1 Å². The second kappa shape index (κ2) is 7.47. The number of hydrogen-bond acceptors (Lipinski definition) is 2. The van der Waals surface area contributed by atoms with Gasteiger partial charge in [0.2, 0.25) is 0 Å². The van der Waals surface area contributed by atoms with E-state index in [2.05, 4.69) is 10.6 Å². The summed E-state index contributed by atoms with van der Waals surface area (Å²) in [6.07, 6.45) is 0.630. The number of amides is 2. The van der Waals surface area contributed by atoms with Crippen molar-refractivity contribution >= 4 is 12.0 Å². The topological polar surface area (TPSA) is 78.4 Å². The quantitative estimate of drug-likeness (QED) is 0.748. The predicted octanol–water partition coefficient (Wildman–Crippen LogP) is 2.12. The van der Waals surface area contributed by atoms with E-state index in [4.69, 9.17) is 5.11 Å². The van der Waals surface area contributed by atoms with Gasteiger partial charge in [0.15, 0.2) is 0 Å². The van der Waals surface area contributed by atoms with E-state index >= 15 is 0 Å². The zero-order valence-electron chi connectivity index (χ0n) is 11.5. The summed E-state index contributed by atoms with van der Waals surface area (Å²) in [5.41, 5.74) is 0.345. The number of nitrogens with one attached hydrogen (secondary N) is 2. The Morgan fingerprint density at radius 3 is 2.55 bits per heavy atom. The van der Waals surface area contributed by atoms with Crippen molar-refractivity contribution in [3.05, 3.63) is 35.6 Å². The van der Waals surface area contributed by atoms with Gasteiger partial charge in [0, 0.05) is 12.1 Å². The van der Waals surface area contributed by atoms with Gasteiger partial charge < -0.3 is 15.7 Å². The Morgan fingerprint density at radius 2 is 2.00 bits per heavy atom. The number of aliphatic carboxylic acids is 1. The van der Waals surface area contributed by atoms with Crippen molar-refractivity contribution in [1.82, 2.24) is 10.6 Å². The molecule has 0 saturated carbocycles. The average molecular weight is 282 g/mol. The van der Waals surface area contributed by atoms with Gasteiger partial charge in [0.05, 0.1) is 0 Å². The van der Waals surface area contributed by atoms with Gasteiger partial charge >= 0.3 is 12.0 Å². The molecular weight excluding hydrogens is 263 g/mol. The van der Waals surface area contributed by atoms with Crippen molar-refractivity contribution in [2.75, 3.05) is 0 Å². The third-order valence-corrected chi connectivity index (χ3v) is 3.16. The summed E-state index contributed by atoms with van der Waals surface area (Å²) in [5, 5.41) is 13.9. The summed E-state index contributed by atoms with van der Waals surface area (Å²) >= 11 is 0. The van der Waals surface area contributed by atoms with Gasteiger partial charge in [-0.1, -0.05) is 38.5 Å². The van der Waals surface area contributed by atoms with Crippen molar-refractivity contribution in [1.29, 1.82) is 0 Å². The van der Waals surface area contributed by atoms with Crippen LogP contribution >= 0.6 is 0 Å². The molecule has 1 rings (SSSR count). The number of benzene rings is 1. The molecule has 0 bridgehead atoms. The number of carboxylic acid groups (broad SMARTS) is 1. The molecule has 0 heterocycles. The summed E-state index contributed by atoms with van der Waals surface area (Å²) in [6, 6.07) is 4.49. The van der Waals surface area contributed by atoms with Crippen molar-refractivity contribution < 1.29 is 19.1 Å². The second-order valence-electron chi connectivity index (χ2n) is 4.62. The van der Waals surface area contributed by atoms with Crippen LogP contribution in [0.1, 0.15) is 25.8 Å². The van der Waals surface area contributed by atoms with Gasteiger partial charge in [-0.3, -0.25) is 0 Å². The molecule has 2 atom stereocenters. The Kier molecular flexibility index (Phi) is 5.96. The second-order valence-corrected chi connectivity index (χ2v) is 4.62. The number of rotatable bonds is 6. The molecule has 3 N–H and O–H groups in total. The number of halogens is 1. The number of carboxylic acids is 1. The van der Waals surface area contributed by atoms with Crippen LogP contribution in [-0.2, 0) is 11.3 Å². The fourth-order valence-corrected chi connectivity index (χ4v) is 1.69. The fraction of sp³-hybridized carbons (Fsp3) is 0.429. The lowest BCUT2D eigenvalue weighted by Gasteiger charge is -2.20. The zero-order chi connectivity index (χ0) is 15.1. The van der Waals surface area contributed by atoms with E-state index in [0.29, 0.717) is 12.0 Å². The van der Waals surface area contributed by atoms with Gasteiger partial charge in [0.1, 0.15) is 11.9 Å². The molecule has 0 unspecified atom stereocenters. The molecule has 0 fully saturated rings. The highest BCUT2D eigenvalue weighted by atomic mass is 19.1. The Morgan fingerprint density at radius 1 is 1.35 bits per heavy atom. The minimum Gasteiger partial charge on any atom is -0.480 e. The fourth-order valence-electron chi connectivity index (χ4n) is 1.69. The van der Waals surface area contributed by atoms with Crippen molar-refractivity contribution in [3.63, 3.8) is 0 Å². The lowest BCUT2D eigenvalue weighted by molar-refractivity contribution is -0.140. The average Bonchev–Trinajstić information content (AvgIpc) is 2.42. The minimum atomic E-state index is -1.08. The summed E-state index contributed by atoms with van der Waals surface area (Å²) < 4.78 is 13.3. The van der Waals surface area contributed by atoms with Gasteiger partial charge in [-0.25, -0.2) is 14.0 Å². The molecule has 0 radical (unpaired) electrons. The van der Waals surface area contributed by atoms with E-state index in [1.165, 1.54) is 6.07 Å². The summed E-state index contributed by atoms with van der Waals surface area (Å²) in [6.45, 7) is 3.60. The van der Waals surface area contributed by atoms with Gasteiger partial charge in [-0.2, -0.15) is 0 Å². The lowest BCUT2D eigenvalue weighted by Crippen LogP contribution is -2.48. The molecule has 0 spiro atoms. The molecule has 5 nitrogen and oxygen atoms in total. The van der Waals surface area contributed by atoms with Crippen molar-refractivity contribution in [3.8, 4) is 0 Å². The molecule has 0 aliphatic heterocycles. The van der Waals surface area contributed by atoms with E-state index in [-0.39, 0.29) is 12.5 Å². The number of hydrogen-bond donors (Lipinski definition) is 3. The monoisotopic (exact) mass is 282 g/mol. The molecule has 6 heteroatoms. The number of carbonyl (C=O) groups excluding carboxylic acids is 1. The molecule has 110 valence electrons. The van der Waals surface area contributed by atoms with Crippen LogP contribution in [0.15, 0.2) is 24.3 Å². The van der Waals surface area contributed by atoms with E-state index in [9.17, 15) is 14.0 Å². The molecule has 2 amide bonds. The molecule has 20 heavy (non-hydrogen) atoms. The van der Waals surface area contributed by atoms with Crippen molar-refractivity contribution in [2.45, 2.75) is 32.9 Å². The lowest BCUT2D eigenvalue weighted by atomic mass is 9.99. The Hall–Kier alpha value is -2.11. The first-order valence-electron chi connectivity index (χ1n) is 6.46. The largest absolute Gasteiger partial charge is 0.480 e. The van der Waals surface area contributed by atoms with Crippen LogP contribution in [0.2, 0.25) is 0 Å². The molecule has 0 saturated heterocycles. The Bertz CT molecular complexity index is 479. The molecule has 0 aromatic heterocycles. The highest BCUT2D eigenvalue weighted by molar-refractivity contribution is 5.82. The maximum atomic E-state index is 13.3. The van der Waals surface area contributed by atoms with Crippen LogP contribution in [0, 0.1) is 11.7 Å². The highest BCUT2D eigenvalue weighted by Crippen LogP contribution is 2.08. The highest BCUT2D eigenvalue weighted by Gasteiger charge is 2.25. The molecule has 1 aromatic carbocycles. The normalized spacial score (nSPS) is 13.3. The first-order valence-corrected chi connectivity index (χ1v) is 6.46. The molecule has 1 aromatic rings. The SMILES string of the molecule is CC[C@@H](C)[C@H](NC(=O)NCc1ccccc1F)C(=O)O. The van der Waals surface area contributed by atoms with Crippen LogP contribution in [0.5, 0.6) is 0 Å². The first kappa shape index (κ1) is 15.9. The number of urea groups is 1. The maximum absolute atomic E-state index is 13.3. The molecule has 0 aliphatic carbocycles. The van der Waals surface area contributed by atoms with Crippen LogP contribution in [0.3, 0.4) is 0 Å². The van der Waals surface area contributed by atoms with Crippen LogP contribution in [0.4, 0.5) is 9.18 Å². The zero-order valence-corrected chi connectivity index (χ0v) is 11.5. The van der Waals surface area contributed by atoms with Gasteiger partial charge in [-0.05, 0) is 12.0 Å². The maximum Gasteiger partial charge on any atom is 0.326 e. The number of carbonyl (C=O) groups is 2. The minimum absolute atomic E-state index is 0.00531. The predicted molar refractivity (Wildman–Crippen MR) is 72.7 cm³/mol. The van der Waals surface area contributed by atoms with Crippen LogP contribution < -0.4 is 10.6 Å². The van der Waals surface area contributed by atoms with Gasteiger partial charge in [-0.15, -0.1) is 0 Å². The first-order chi connectivity index (χ1) is 9.45. The van der Waals surface area contributed by atoms with E-state index in [1.807, 2.05) is 6.92 Å². The summed E-state index contributed by atoms with van der Waals surface area (Å²) in [7, 11) is 0. The molecule has 0 aliphatic rings. The summed E-state index contributed by atoms with van der Waals surface area (Å²) in [4.78, 5) is 22.7. The third kappa shape index (κ3) is 4.53. The van der Waals surface area contributed by atoms with Gasteiger partial charge in [0.25, 0.3) is 0 Å². The standard InChI is InChI=1S/C14H19FN2O3/c1-3-9(2)12(13(18)19)17-14(20)16-8-10-6-4-5-7-11(10)15/h4-7,9,12H,3,8H2,1-2H3,(H,18,19)(H2,16,17,20)/t9-,12+/m1/s1. The summed E-state index contributed by atoms with van der Waals surface area (Å²) in [5.74, 6) is -1.68. The Balaban J connectivity index is 2.55. The molecular formula is C14H19FN2O3. The van der Waals surface area contributed by atoms with Crippen LogP contribution in [0.25, 0.3) is 0 Å².